The number of nitrogens with zero attached hydrogens (tertiary/aromatic N) is 4. The van der Waals surface area contributed by atoms with Crippen LogP contribution in [0.1, 0.15) is 24.3 Å². The predicted octanol–water partition coefficient (Wildman–Crippen LogP) is 1.25. The summed E-state index contributed by atoms with van der Waals surface area (Å²) in [6, 6.07) is 0.149. The number of amides is 2. The average Bonchev–Trinajstić information content (AvgIpc) is 3.06. The molecule has 1 N–H and O–H groups in total. The van der Waals surface area contributed by atoms with Crippen LogP contribution < -0.4 is 10.2 Å². The van der Waals surface area contributed by atoms with E-state index in [9.17, 15) is 4.79 Å². The van der Waals surface area contributed by atoms with Crippen LogP contribution in [0.2, 0.25) is 0 Å². The summed E-state index contributed by atoms with van der Waals surface area (Å²) in [6.45, 7) is 4.43. The number of ether oxygens (including phenoxy) is 1. The lowest BCUT2D eigenvalue weighted by Gasteiger charge is -2.38. The van der Waals surface area contributed by atoms with Crippen LogP contribution in [0.25, 0.3) is 0 Å². The maximum absolute atomic E-state index is 11.8. The van der Waals surface area contributed by atoms with Gasteiger partial charge in [-0.25, -0.2) is 4.79 Å². The van der Waals surface area contributed by atoms with Crippen LogP contribution in [0, 0.1) is 6.92 Å². The smallest absolute Gasteiger partial charge is 0.317 e. The van der Waals surface area contributed by atoms with Crippen LogP contribution in [-0.2, 0) is 4.74 Å². The molecule has 0 aromatic carbocycles. The molecule has 0 aliphatic carbocycles. The number of rotatable bonds is 2. The molecule has 0 radical (unpaired) electrons. The first-order valence-electron chi connectivity index (χ1n) is 7.64. The molecule has 0 unspecified atom stereocenters. The number of hydrogen-bond acceptors (Lipinski definition) is 6. The number of urea groups is 1. The molecule has 0 saturated carbocycles. The highest BCUT2D eigenvalue weighted by molar-refractivity contribution is 7.15. The molecule has 2 atom stereocenters. The fourth-order valence-electron chi connectivity index (χ4n) is 3.16. The molecule has 3 heterocycles. The molecule has 1 aromatic rings. The van der Waals surface area contributed by atoms with Gasteiger partial charge in [0.2, 0.25) is 5.13 Å². The van der Waals surface area contributed by atoms with Crippen LogP contribution >= 0.6 is 11.3 Å². The highest BCUT2D eigenvalue weighted by atomic mass is 32.1. The number of carbonyl (C=O) groups excluding carboxylic acids is 1. The lowest BCUT2D eigenvalue weighted by molar-refractivity contribution is -0.0719. The van der Waals surface area contributed by atoms with Crippen molar-refractivity contribution in [2.45, 2.75) is 37.8 Å². The molecule has 122 valence electrons. The van der Waals surface area contributed by atoms with E-state index < -0.39 is 0 Å². The van der Waals surface area contributed by atoms with Crippen LogP contribution in [0.5, 0.6) is 0 Å². The second kappa shape index (κ2) is 6.00. The highest BCUT2D eigenvalue weighted by Gasteiger charge is 2.44. The molecule has 2 amide bonds. The van der Waals surface area contributed by atoms with Crippen LogP contribution in [0.4, 0.5) is 9.93 Å². The minimum absolute atomic E-state index is 0.0309. The van der Waals surface area contributed by atoms with Crippen molar-refractivity contribution in [3.63, 3.8) is 0 Å². The Morgan fingerprint density at radius 3 is 3.00 bits per heavy atom. The van der Waals surface area contributed by atoms with Crippen LogP contribution in [0.15, 0.2) is 0 Å². The van der Waals surface area contributed by atoms with Gasteiger partial charge >= 0.3 is 6.03 Å². The van der Waals surface area contributed by atoms with E-state index in [0.717, 1.165) is 42.5 Å². The normalized spacial score (nSPS) is 28.1. The van der Waals surface area contributed by atoms with Gasteiger partial charge in [0.1, 0.15) is 5.01 Å². The van der Waals surface area contributed by atoms with Gasteiger partial charge in [-0.15, -0.1) is 10.2 Å². The number of hydrogen-bond donors (Lipinski definition) is 1. The number of aromatic nitrogens is 2. The average molecular weight is 325 g/mol. The third-order valence-corrected chi connectivity index (χ3v) is 5.23. The van der Waals surface area contributed by atoms with Crippen molar-refractivity contribution in [1.82, 2.24) is 20.4 Å². The topological polar surface area (TPSA) is 70.6 Å². The third kappa shape index (κ3) is 3.17. The molecule has 1 spiro atoms. The van der Waals surface area contributed by atoms with Gasteiger partial charge < -0.3 is 19.9 Å². The molecule has 2 fully saturated rings. The van der Waals surface area contributed by atoms with E-state index in [1.807, 2.05) is 6.92 Å². The van der Waals surface area contributed by atoms with Gasteiger partial charge in [0.05, 0.1) is 5.60 Å². The van der Waals surface area contributed by atoms with E-state index in [4.69, 9.17) is 4.74 Å². The van der Waals surface area contributed by atoms with E-state index >= 15 is 0 Å². The Morgan fingerprint density at radius 2 is 2.32 bits per heavy atom. The van der Waals surface area contributed by atoms with Gasteiger partial charge in [-0.3, -0.25) is 0 Å². The van der Waals surface area contributed by atoms with E-state index in [-0.39, 0.29) is 17.7 Å². The third-order valence-electron chi connectivity index (χ3n) is 4.33. The fourth-order valence-corrected chi connectivity index (χ4v) is 3.87. The molecule has 22 heavy (non-hydrogen) atoms. The minimum Gasteiger partial charge on any atom is -0.373 e. The first-order valence-corrected chi connectivity index (χ1v) is 8.46. The van der Waals surface area contributed by atoms with Gasteiger partial charge in [0, 0.05) is 39.8 Å². The molecule has 7 nitrogen and oxygen atoms in total. The molecule has 1 aromatic heterocycles. The Morgan fingerprint density at radius 1 is 1.50 bits per heavy atom. The number of anilines is 1. The molecule has 2 aliphatic heterocycles. The lowest BCUT2D eigenvalue weighted by Crippen LogP contribution is -2.51. The Bertz CT molecular complexity index is 549. The fraction of sp³-hybridized carbons (Fsp3) is 0.786. The van der Waals surface area contributed by atoms with Crippen molar-refractivity contribution in [3.05, 3.63) is 5.01 Å². The molecular formula is C14H23N5O2S. The zero-order valence-corrected chi connectivity index (χ0v) is 14.2. The number of carbonyl (C=O) groups is 1. The Balaban J connectivity index is 1.63. The lowest BCUT2D eigenvalue weighted by atomic mass is 9.89. The van der Waals surface area contributed by atoms with Gasteiger partial charge in [0.15, 0.2) is 0 Å². The summed E-state index contributed by atoms with van der Waals surface area (Å²) in [5.41, 5.74) is -0.165. The van der Waals surface area contributed by atoms with Crippen molar-refractivity contribution in [3.8, 4) is 0 Å². The van der Waals surface area contributed by atoms with Crippen molar-refractivity contribution in [2.75, 3.05) is 38.7 Å². The van der Waals surface area contributed by atoms with Crippen molar-refractivity contribution < 1.29 is 9.53 Å². The summed E-state index contributed by atoms with van der Waals surface area (Å²) in [4.78, 5) is 15.7. The van der Waals surface area contributed by atoms with Gasteiger partial charge in [-0.05, 0) is 26.2 Å². The molecule has 0 bridgehead atoms. The molecule has 3 rings (SSSR count). The van der Waals surface area contributed by atoms with Crippen molar-refractivity contribution in [2.24, 2.45) is 0 Å². The highest BCUT2D eigenvalue weighted by Crippen LogP contribution is 2.37. The summed E-state index contributed by atoms with van der Waals surface area (Å²) in [5.74, 6) is 0. The summed E-state index contributed by atoms with van der Waals surface area (Å²) < 4.78 is 6.11. The second-order valence-corrected chi connectivity index (χ2v) is 7.50. The summed E-state index contributed by atoms with van der Waals surface area (Å²) in [6.07, 6.45) is 2.71. The van der Waals surface area contributed by atoms with Crippen molar-refractivity contribution in [1.29, 1.82) is 0 Å². The van der Waals surface area contributed by atoms with Gasteiger partial charge in [0.25, 0.3) is 0 Å². The largest absolute Gasteiger partial charge is 0.373 e. The van der Waals surface area contributed by atoms with Crippen LogP contribution in [0.3, 0.4) is 0 Å². The number of nitrogens with one attached hydrogen (secondary N) is 1. The SMILES string of the molecule is Cc1nnc(N2CC[C@]3(C[C@@H](NC(=O)N(C)C)CCO3)C2)s1. The van der Waals surface area contributed by atoms with E-state index in [1.54, 1.807) is 30.3 Å². The summed E-state index contributed by atoms with van der Waals surface area (Å²) in [5, 5.41) is 13.4. The van der Waals surface area contributed by atoms with E-state index in [2.05, 4.69) is 20.4 Å². The summed E-state index contributed by atoms with van der Waals surface area (Å²) >= 11 is 1.62. The predicted molar refractivity (Wildman–Crippen MR) is 85.4 cm³/mol. The quantitative estimate of drug-likeness (QED) is 0.886. The van der Waals surface area contributed by atoms with E-state index in [1.165, 1.54) is 0 Å². The first-order chi connectivity index (χ1) is 10.5. The van der Waals surface area contributed by atoms with Crippen LogP contribution in [-0.4, -0.2) is 66.6 Å². The Labute approximate surface area is 134 Å². The molecular weight excluding hydrogens is 302 g/mol. The number of aryl methyl sites for hydroxylation is 1. The Hall–Kier alpha value is -1.41. The zero-order chi connectivity index (χ0) is 15.7. The van der Waals surface area contributed by atoms with Crippen molar-refractivity contribution >= 4 is 22.5 Å². The van der Waals surface area contributed by atoms with Gasteiger partial charge in [-0.2, -0.15) is 0 Å². The zero-order valence-electron chi connectivity index (χ0n) is 13.3. The monoisotopic (exact) mass is 325 g/mol. The maximum Gasteiger partial charge on any atom is 0.317 e. The van der Waals surface area contributed by atoms with Gasteiger partial charge in [-0.1, -0.05) is 11.3 Å². The first kappa shape index (κ1) is 15.5. The minimum atomic E-state index is -0.165. The molecule has 8 heteroatoms. The maximum atomic E-state index is 11.8. The summed E-state index contributed by atoms with van der Waals surface area (Å²) in [7, 11) is 3.53. The van der Waals surface area contributed by atoms with E-state index in [0.29, 0.717) is 6.61 Å². The standard InChI is InChI=1S/C14H23N5O2S/c1-10-16-17-13(22-10)19-6-5-14(9-19)8-11(4-7-21-14)15-12(20)18(2)3/h11H,4-9H2,1-3H3,(H,15,20)/t11-,14-/m0/s1. The molecule has 2 aliphatic rings. The molecule has 2 saturated heterocycles. The Kier molecular flexibility index (Phi) is 4.22. The second-order valence-electron chi connectivity index (χ2n) is 6.34.